The molecule has 2 atom stereocenters. The van der Waals surface area contributed by atoms with E-state index >= 15 is 0 Å². The zero-order chi connectivity index (χ0) is 19.1. The first-order chi connectivity index (χ1) is 13.2. The summed E-state index contributed by atoms with van der Waals surface area (Å²) in [5, 5.41) is 11.4. The number of aryl methyl sites for hydroxylation is 1. The maximum atomic E-state index is 5.61. The van der Waals surface area contributed by atoms with E-state index in [9.17, 15) is 0 Å². The molecule has 8 nitrogen and oxygen atoms in total. The van der Waals surface area contributed by atoms with Crippen LogP contribution < -0.4 is 10.6 Å². The largest absolute Gasteiger partial charge is 0.377 e. The summed E-state index contributed by atoms with van der Waals surface area (Å²) >= 11 is 0. The number of rotatable bonds is 7. The van der Waals surface area contributed by atoms with Gasteiger partial charge in [-0.15, -0.1) is 24.0 Å². The number of hydrogen-bond acceptors (Lipinski definition) is 5. The van der Waals surface area contributed by atoms with E-state index in [1.807, 2.05) is 22.9 Å². The van der Waals surface area contributed by atoms with Crippen LogP contribution in [0, 0.1) is 0 Å². The Balaban J connectivity index is 0.00000280. The minimum absolute atomic E-state index is 0. The third-order valence-corrected chi connectivity index (χ3v) is 4.65. The molecule has 2 heterocycles. The molecule has 0 saturated carbocycles. The highest BCUT2D eigenvalue weighted by atomic mass is 127. The topological polar surface area (TPSA) is 85.6 Å². The number of nitrogens with zero attached hydrogens (tertiary/aromatic N) is 4. The molecule has 0 radical (unpaired) electrons. The normalized spacial score (nSPS) is 17.4. The fraction of sp³-hybridized carbons (Fsp3) is 0.526. The zero-order valence-electron chi connectivity index (χ0n) is 16.6. The van der Waals surface area contributed by atoms with E-state index in [0.717, 1.165) is 42.6 Å². The third kappa shape index (κ3) is 5.89. The Hall–Kier alpha value is -1.72. The minimum Gasteiger partial charge on any atom is -0.377 e. The fourth-order valence-electron chi connectivity index (χ4n) is 3.25. The van der Waals surface area contributed by atoms with Crippen molar-refractivity contribution < 1.29 is 9.47 Å². The summed E-state index contributed by atoms with van der Waals surface area (Å²) in [7, 11) is 5.16. The van der Waals surface area contributed by atoms with Gasteiger partial charge in [0.25, 0.3) is 0 Å². The van der Waals surface area contributed by atoms with Crippen molar-refractivity contribution in [2.24, 2.45) is 4.99 Å². The minimum atomic E-state index is -0.0328. The van der Waals surface area contributed by atoms with Crippen LogP contribution in [0.4, 0.5) is 0 Å². The first-order valence-electron chi connectivity index (χ1n) is 9.20. The molecular formula is C19H29IN6O2. The summed E-state index contributed by atoms with van der Waals surface area (Å²) in [5.74, 6) is 2.52. The van der Waals surface area contributed by atoms with Gasteiger partial charge >= 0.3 is 0 Å². The SMILES string of the molecule is CN=C(NCC(OC)c1ccccc1)NC1CCc2nc(COC)nn2C1.I. The van der Waals surface area contributed by atoms with Crippen LogP contribution in [0.15, 0.2) is 35.3 Å². The lowest BCUT2D eigenvalue weighted by atomic mass is 10.1. The van der Waals surface area contributed by atoms with Crippen LogP contribution in [0.5, 0.6) is 0 Å². The van der Waals surface area contributed by atoms with Crippen molar-refractivity contribution in [1.29, 1.82) is 0 Å². The number of guanidine groups is 1. The third-order valence-electron chi connectivity index (χ3n) is 4.65. The second-order valence-electron chi connectivity index (χ2n) is 6.53. The van der Waals surface area contributed by atoms with Crippen LogP contribution in [0.3, 0.4) is 0 Å². The number of fused-ring (bicyclic) bond motifs is 1. The molecule has 0 amide bonds. The van der Waals surface area contributed by atoms with Crippen molar-refractivity contribution >= 4 is 29.9 Å². The summed E-state index contributed by atoms with van der Waals surface area (Å²) in [6, 6.07) is 10.4. The van der Waals surface area contributed by atoms with Crippen molar-refractivity contribution in [3.8, 4) is 0 Å². The Kier molecular flexibility index (Phi) is 9.13. The van der Waals surface area contributed by atoms with Gasteiger partial charge in [0.05, 0.1) is 12.6 Å². The van der Waals surface area contributed by atoms with Gasteiger partial charge in [-0.1, -0.05) is 30.3 Å². The number of hydrogen-bond donors (Lipinski definition) is 2. The second-order valence-corrected chi connectivity index (χ2v) is 6.53. The second kappa shape index (κ2) is 11.3. The van der Waals surface area contributed by atoms with Gasteiger partial charge in [0, 0.05) is 40.3 Å². The van der Waals surface area contributed by atoms with Crippen LogP contribution in [0.2, 0.25) is 0 Å². The predicted molar refractivity (Wildman–Crippen MR) is 119 cm³/mol. The highest BCUT2D eigenvalue weighted by Gasteiger charge is 2.22. The molecule has 2 unspecified atom stereocenters. The van der Waals surface area contributed by atoms with Gasteiger partial charge < -0.3 is 20.1 Å². The van der Waals surface area contributed by atoms with E-state index in [1.54, 1.807) is 21.3 Å². The van der Waals surface area contributed by atoms with Crippen molar-refractivity contribution in [3.63, 3.8) is 0 Å². The first-order valence-corrected chi connectivity index (χ1v) is 9.20. The summed E-state index contributed by atoms with van der Waals surface area (Å²) in [4.78, 5) is 8.86. The van der Waals surface area contributed by atoms with Crippen LogP contribution in [-0.4, -0.2) is 54.6 Å². The quantitative estimate of drug-likeness (QED) is 0.343. The smallest absolute Gasteiger partial charge is 0.191 e. The molecule has 1 aliphatic rings. The van der Waals surface area contributed by atoms with E-state index in [1.165, 1.54) is 0 Å². The molecule has 9 heteroatoms. The lowest BCUT2D eigenvalue weighted by molar-refractivity contribution is 0.106. The van der Waals surface area contributed by atoms with Crippen LogP contribution in [0.25, 0.3) is 0 Å². The Labute approximate surface area is 183 Å². The monoisotopic (exact) mass is 500 g/mol. The van der Waals surface area contributed by atoms with E-state index < -0.39 is 0 Å². The molecule has 1 aromatic carbocycles. The molecular weight excluding hydrogens is 471 g/mol. The number of halogens is 1. The van der Waals surface area contributed by atoms with Crippen LogP contribution >= 0.6 is 24.0 Å². The molecule has 28 heavy (non-hydrogen) atoms. The zero-order valence-corrected chi connectivity index (χ0v) is 18.9. The van der Waals surface area contributed by atoms with Gasteiger partial charge in [0.1, 0.15) is 12.4 Å². The number of nitrogens with one attached hydrogen (secondary N) is 2. The van der Waals surface area contributed by atoms with E-state index in [-0.39, 0.29) is 36.1 Å². The molecule has 0 aliphatic carbocycles. The van der Waals surface area contributed by atoms with Gasteiger partial charge in [-0.25, -0.2) is 9.67 Å². The predicted octanol–water partition coefficient (Wildman–Crippen LogP) is 1.91. The molecule has 0 spiro atoms. The van der Waals surface area contributed by atoms with Crippen molar-refractivity contribution in [2.75, 3.05) is 27.8 Å². The Morgan fingerprint density at radius 2 is 2.11 bits per heavy atom. The Morgan fingerprint density at radius 1 is 1.32 bits per heavy atom. The van der Waals surface area contributed by atoms with Gasteiger partial charge in [-0.3, -0.25) is 4.99 Å². The fourth-order valence-corrected chi connectivity index (χ4v) is 3.25. The molecule has 1 aliphatic heterocycles. The maximum Gasteiger partial charge on any atom is 0.191 e. The summed E-state index contributed by atoms with van der Waals surface area (Å²) < 4.78 is 12.7. The maximum absolute atomic E-state index is 5.61. The highest BCUT2D eigenvalue weighted by molar-refractivity contribution is 14.0. The number of benzene rings is 1. The van der Waals surface area contributed by atoms with Gasteiger partial charge in [-0.2, -0.15) is 5.10 Å². The summed E-state index contributed by atoms with van der Waals surface area (Å²) in [6.07, 6.45) is 1.84. The summed E-state index contributed by atoms with van der Waals surface area (Å²) in [6.45, 7) is 1.85. The highest BCUT2D eigenvalue weighted by Crippen LogP contribution is 2.15. The van der Waals surface area contributed by atoms with E-state index in [4.69, 9.17) is 9.47 Å². The Morgan fingerprint density at radius 3 is 2.79 bits per heavy atom. The van der Waals surface area contributed by atoms with Crippen LogP contribution in [0.1, 0.15) is 29.7 Å². The molecule has 2 aromatic rings. The standard InChI is InChI=1S/C19H28N6O2.HI/c1-20-19(21-11-16(27-3)14-7-5-4-6-8-14)22-15-9-10-18-23-17(13-26-2)24-25(18)12-15;/h4-8,15-16H,9-13H2,1-3H3,(H2,20,21,22);1H. The molecule has 3 rings (SSSR count). The lowest BCUT2D eigenvalue weighted by Gasteiger charge is -2.26. The number of aromatic nitrogens is 3. The van der Waals surface area contributed by atoms with Crippen molar-refractivity contribution in [2.45, 2.75) is 38.1 Å². The van der Waals surface area contributed by atoms with Gasteiger partial charge in [0.2, 0.25) is 0 Å². The van der Waals surface area contributed by atoms with Gasteiger partial charge in [-0.05, 0) is 12.0 Å². The average molecular weight is 500 g/mol. The number of ether oxygens (including phenoxy) is 2. The van der Waals surface area contributed by atoms with Crippen molar-refractivity contribution in [3.05, 3.63) is 47.5 Å². The van der Waals surface area contributed by atoms with Crippen LogP contribution in [-0.2, 0) is 29.0 Å². The molecule has 0 fully saturated rings. The molecule has 1 aromatic heterocycles. The van der Waals surface area contributed by atoms with Crippen molar-refractivity contribution in [1.82, 2.24) is 25.4 Å². The summed E-state index contributed by atoms with van der Waals surface area (Å²) in [5.41, 5.74) is 1.14. The molecule has 0 saturated heterocycles. The van der Waals surface area contributed by atoms with Gasteiger partial charge in [0.15, 0.2) is 11.8 Å². The first kappa shape index (κ1) is 22.6. The molecule has 154 valence electrons. The number of methoxy groups -OCH3 is 2. The molecule has 2 N–H and O–H groups in total. The van der Waals surface area contributed by atoms with E-state index in [2.05, 4.69) is 37.8 Å². The number of aliphatic imine (C=N–C) groups is 1. The lowest BCUT2D eigenvalue weighted by Crippen LogP contribution is -2.48. The Bertz CT molecular complexity index is 752. The average Bonchev–Trinajstić information content (AvgIpc) is 3.10. The molecule has 0 bridgehead atoms. The van der Waals surface area contributed by atoms with E-state index in [0.29, 0.717) is 13.2 Å².